The molecule has 0 atom stereocenters. The minimum atomic E-state index is -0.302. The van der Waals surface area contributed by atoms with Crippen LogP contribution in [0.4, 0.5) is 11.4 Å². The summed E-state index contributed by atoms with van der Waals surface area (Å²) in [7, 11) is 0. The first-order chi connectivity index (χ1) is 18.0. The molecule has 37 heavy (non-hydrogen) atoms. The molecule has 0 spiro atoms. The Morgan fingerprint density at radius 1 is 0.973 bits per heavy atom. The van der Waals surface area contributed by atoms with Crippen molar-refractivity contribution in [1.29, 1.82) is 0 Å². The number of hydrogen-bond acceptors (Lipinski definition) is 9. The van der Waals surface area contributed by atoms with Crippen LogP contribution in [0.25, 0.3) is 0 Å². The minimum Gasteiger partial charge on any atom is -0.366 e. The Morgan fingerprint density at radius 2 is 1.78 bits per heavy atom. The molecule has 194 valence electrons. The van der Waals surface area contributed by atoms with E-state index >= 15 is 0 Å². The van der Waals surface area contributed by atoms with E-state index in [2.05, 4.69) is 25.1 Å². The Morgan fingerprint density at radius 3 is 2.51 bits per heavy atom. The van der Waals surface area contributed by atoms with Crippen LogP contribution >= 0.6 is 22.9 Å². The van der Waals surface area contributed by atoms with Crippen molar-refractivity contribution in [2.75, 3.05) is 62.6 Å². The number of rotatable bonds is 5. The summed E-state index contributed by atoms with van der Waals surface area (Å²) in [5, 5.41) is 12.2. The van der Waals surface area contributed by atoms with Crippen LogP contribution in [0.3, 0.4) is 0 Å². The van der Waals surface area contributed by atoms with Crippen molar-refractivity contribution in [3.8, 4) is 0 Å². The molecule has 2 fully saturated rings. The van der Waals surface area contributed by atoms with Crippen molar-refractivity contribution in [1.82, 2.24) is 24.7 Å². The fourth-order valence-electron chi connectivity index (χ4n) is 4.60. The lowest BCUT2D eigenvalue weighted by Crippen LogP contribution is -2.48. The molecule has 0 aliphatic carbocycles. The molecule has 2 aliphatic heterocycles. The zero-order chi connectivity index (χ0) is 25.8. The van der Waals surface area contributed by atoms with Gasteiger partial charge in [0.25, 0.3) is 17.7 Å². The summed E-state index contributed by atoms with van der Waals surface area (Å²) >= 11 is 2.49. The van der Waals surface area contributed by atoms with Crippen molar-refractivity contribution in [3.63, 3.8) is 0 Å². The number of piperazine rings is 1. The van der Waals surface area contributed by atoms with Gasteiger partial charge in [0.05, 0.1) is 21.9 Å². The molecule has 2 aromatic heterocycles. The van der Waals surface area contributed by atoms with Crippen LogP contribution in [0.5, 0.6) is 0 Å². The highest BCUT2D eigenvalue weighted by Gasteiger charge is 2.26. The highest BCUT2D eigenvalue weighted by molar-refractivity contribution is 7.12. The summed E-state index contributed by atoms with van der Waals surface area (Å²) in [5.74, 6) is -0.305. The first-order valence-electron chi connectivity index (χ1n) is 12.3. The van der Waals surface area contributed by atoms with E-state index in [-0.39, 0.29) is 17.7 Å². The maximum Gasteiger partial charge on any atom is 0.269 e. The molecule has 2 N–H and O–H groups in total. The third-order valence-corrected chi connectivity index (χ3v) is 8.30. The summed E-state index contributed by atoms with van der Waals surface area (Å²) in [6.07, 6.45) is 0.902. The third kappa shape index (κ3) is 5.65. The van der Waals surface area contributed by atoms with Gasteiger partial charge >= 0.3 is 0 Å². The predicted molar refractivity (Wildman–Crippen MR) is 145 cm³/mol. The van der Waals surface area contributed by atoms with Crippen LogP contribution in [-0.4, -0.2) is 89.5 Å². The standard InChI is InChI=1S/C25H29N7O3S2/c1-17-22(37-29-28-17)23(33)27-19-16-18(24(34)31-9-3-7-26-8-10-31)5-6-20(19)30-11-13-32(14-12-30)25(35)21-4-2-15-36-21/h2,4-6,15-16,26H,3,7-14H2,1H3,(H,27,33). The van der Waals surface area contributed by atoms with Crippen LogP contribution in [0.1, 0.15) is 41.8 Å². The number of anilines is 2. The van der Waals surface area contributed by atoms with Crippen molar-refractivity contribution in [2.24, 2.45) is 0 Å². The maximum atomic E-state index is 13.3. The normalized spacial score (nSPS) is 16.4. The molecule has 3 aromatic rings. The number of carbonyl (C=O) groups is 3. The molecule has 2 saturated heterocycles. The lowest BCUT2D eigenvalue weighted by atomic mass is 10.1. The number of nitrogens with one attached hydrogen (secondary N) is 2. The Bertz CT molecular complexity index is 1260. The second-order valence-electron chi connectivity index (χ2n) is 9.03. The molecular formula is C25H29N7O3S2. The molecule has 10 nitrogen and oxygen atoms in total. The predicted octanol–water partition coefficient (Wildman–Crippen LogP) is 2.56. The Balaban J connectivity index is 1.38. The van der Waals surface area contributed by atoms with Gasteiger partial charge in [-0.15, -0.1) is 16.4 Å². The average molecular weight is 540 g/mol. The summed E-state index contributed by atoms with van der Waals surface area (Å²) in [6, 6.07) is 9.22. The number of thiophene rings is 1. The Kier molecular flexibility index (Phi) is 7.77. The van der Waals surface area contributed by atoms with Crippen LogP contribution in [0.2, 0.25) is 0 Å². The van der Waals surface area contributed by atoms with Gasteiger partial charge in [-0.05, 0) is 61.1 Å². The molecule has 2 aliphatic rings. The second kappa shape index (κ2) is 11.4. The van der Waals surface area contributed by atoms with E-state index in [9.17, 15) is 14.4 Å². The van der Waals surface area contributed by atoms with Crippen LogP contribution < -0.4 is 15.5 Å². The Hall–Kier alpha value is -3.35. The first kappa shape index (κ1) is 25.3. The van der Waals surface area contributed by atoms with Crippen LogP contribution in [0, 0.1) is 6.92 Å². The van der Waals surface area contributed by atoms with Crippen LogP contribution in [-0.2, 0) is 0 Å². The monoisotopic (exact) mass is 539 g/mol. The number of benzene rings is 1. The fraction of sp³-hybridized carbons (Fsp3) is 0.400. The first-order valence-corrected chi connectivity index (χ1v) is 14.0. The fourth-order valence-corrected chi connectivity index (χ4v) is 5.84. The van der Waals surface area contributed by atoms with Gasteiger partial charge in [-0.1, -0.05) is 10.6 Å². The molecule has 0 unspecified atom stereocenters. The number of nitrogens with zero attached hydrogens (tertiary/aromatic N) is 5. The molecule has 5 rings (SSSR count). The van der Waals surface area contributed by atoms with E-state index in [1.165, 1.54) is 11.3 Å². The van der Waals surface area contributed by atoms with Crippen molar-refractivity contribution >= 4 is 52.0 Å². The van der Waals surface area contributed by atoms with Crippen molar-refractivity contribution in [2.45, 2.75) is 13.3 Å². The summed E-state index contributed by atoms with van der Waals surface area (Å²) in [5.41, 5.74) is 2.48. The summed E-state index contributed by atoms with van der Waals surface area (Å²) < 4.78 is 3.88. The molecule has 0 radical (unpaired) electrons. The highest BCUT2D eigenvalue weighted by atomic mass is 32.1. The second-order valence-corrected chi connectivity index (χ2v) is 10.7. The molecule has 1 aromatic carbocycles. The zero-order valence-electron chi connectivity index (χ0n) is 20.6. The van der Waals surface area contributed by atoms with E-state index in [1.807, 2.05) is 39.4 Å². The number of aromatic nitrogens is 2. The molecule has 3 amide bonds. The van der Waals surface area contributed by atoms with E-state index in [0.29, 0.717) is 61.1 Å². The van der Waals surface area contributed by atoms with Crippen molar-refractivity contribution < 1.29 is 14.4 Å². The lowest BCUT2D eigenvalue weighted by molar-refractivity contribution is 0.0748. The van der Waals surface area contributed by atoms with E-state index in [1.54, 1.807) is 13.0 Å². The molecule has 0 bridgehead atoms. The van der Waals surface area contributed by atoms with E-state index in [0.717, 1.165) is 41.6 Å². The van der Waals surface area contributed by atoms with Gasteiger partial charge in [0.2, 0.25) is 0 Å². The molecule has 0 saturated carbocycles. The summed E-state index contributed by atoms with van der Waals surface area (Å²) in [4.78, 5) is 46.2. The smallest absolute Gasteiger partial charge is 0.269 e. The summed E-state index contributed by atoms with van der Waals surface area (Å²) in [6.45, 7) is 7.13. The quantitative estimate of drug-likeness (QED) is 0.513. The van der Waals surface area contributed by atoms with E-state index in [4.69, 9.17) is 0 Å². The van der Waals surface area contributed by atoms with Crippen LogP contribution in [0.15, 0.2) is 35.7 Å². The number of carbonyl (C=O) groups excluding carboxylic acids is 3. The largest absolute Gasteiger partial charge is 0.366 e. The van der Waals surface area contributed by atoms with Gasteiger partial charge in [-0.3, -0.25) is 14.4 Å². The van der Waals surface area contributed by atoms with E-state index < -0.39 is 0 Å². The minimum absolute atomic E-state index is 0.0456. The lowest BCUT2D eigenvalue weighted by Gasteiger charge is -2.37. The molecular weight excluding hydrogens is 510 g/mol. The number of amides is 3. The maximum absolute atomic E-state index is 13.3. The average Bonchev–Trinajstić information content (AvgIpc) is 3.53. The van der Waals surface area contributed by atoms with Gasteiger partial charge in [-0.2, -0.15) is 0 Å². The van der Waals surface area contributed by atoms with Gasteiger partial charge < -0.3 is 25.3 Å². The van der Waals surface area contributed by atoms with Gasteiger partial charge in [0.1, 0.15) is 4.88 Å². The SMILES string of the molecule is Cc1nnsc1C(=O)Nc1cc(C(=O)N2CCCNCC2)ccc1N1CCN(C(=O)c2cccs2)CC1. The number of hydrogen-bond donors (Lipinski definition) is 2. The Labute approximate surface area is 223 Å². The highest BCUT2D eigenvalue weighted by Crippen LogP contribution is 2.30. The zero-order valence-corrected chi connectivity index (χ0v) is 22.2. The molecule has 4 heterocycles. The van der Waals surface area contributed by atoms with Crippen molar-refractivity contribution in [3.05, 3.63) is 56.7 Å². The van der Waals surface area contributed by atoms with Gasteiger partial charge in [0, 0.05) is 51.4 Å². The number of aryl methyl sites for hydroxylation is 1. The molecule has 12 heteroatoms. The van der Waals surface area contributed by atoms with Gasteiger partial charge in [0.15, 0.2) is 0 Å². The van der Waals surface area contributed by atoms with Gasteiger partial charge in [-0.25, -0.2) is 0 Å². The topological polar surface area (TPSA) is 111 Å². The third-order valence-electron chi connectivity index (χ3n) is 6.62.